The van der Waals surface area contributed by atoms with Gasteiger partial charge in [-0.05, 0) is 31.6 Å². The Labute approximate surface area is 118 Å². The van der Waals surface area contributed by atoms with Crippen molar-refractivity contribution < 1.29 is 14.6 Å². The van der Waals surface area contributed by atoms with Crippen LogP contribution in [0.15, 0.2) is 0 Å². The molecule has 0 amide bonds. The second kappa shape index (κ2) is 12.5. The Balaban J connectivity index is 3.20. The van der Waals surface area contributed by atoms with Crippen LogP contribution in [-0.2, 0) is 9.53 Å². The summed E-state index contributed by atoms with van der Waals surface area (Å²) in [4.78, 5) is 10.9. The highest BCUT2D eigenvalue weighted by atomic mass is 16.5. The van der Waals surface area contributed by atoms with Crippen LogP contribution in [0, 0.1) is 5.92 Å². The van der Waals surface area contributed by atoms with Crippen LogP contribution in [0.1, 0.15) is 78.1 Å². The number of hydrogen-bond acceptors (Lipinski definition) is 3. The van der Waals surface area contributed by atoms with Crippen LogP contribution in [0.3, 0.4) is 0 Å². The SMILES string of the molecule is COC(=O)CCCCCCCCC(O)CCC(C)C. The first-order chi connectivity index (χ1) is 9.06. The van der Waals surface area contributed by atoms with E-state index in [1.165, 1.54) is 26.4 Å². The standard InChI is InChI=1S/C16H32O3/c1-14(2)12-13-15(17)10-8-6-4-5-7-9-11-16(18)19-3/h14-15,17H,4-13H2,1-3H3. The molecule has 0 spiro atoms. The highest BCUT2D eigenvalue weighted by molar-refractivity contribution is 5.68. The molecule has 0 aliphatic heterocycles. The van der Waals surface area contributed by atoms with E-state index in [0.29, 0.717) is 12.3 Å². The maximum Gasteiger partial charge on any atom is 0.305 e. The molecule has 19 heavy (non-hydrogen) atoms. The third-order valence-corrected chi connectivity index (χ3v) is 3.47. The number of rotatable bonds is 12. The van der Waals surface area contributed by atoms with Gasteiger partial charge in [0.15, 0.2) is 0 Å². The predicted octanol–water partition coefficient (Wildman–Crippen LogP) is 4.08. The molecule has 0 bridgehead atoms. The fourth-order valence-corrected chi connectivity index (χ4v) is 2.13. The van der Waals surface area contributed by atoms with Crippen molar-refractivity contribution in [3.05, 3.63) is 0 Å². The number of methoxy groups -OCH3 is 1. The molecule has 0 aliphatic rings. The van der Waals surface area contributed by atoms with Gasteiger partial charge in [-0.25, -0.2) is 0 Å². The van der Waals surface area contributed by atoms with Gasteiger partial charge in [0.05, 0.1) is 13.2 Å². The molecule has 3 heteroatoms. The van der Waals surface area contributed by atoms with Gasteiger partial charge in [0.2, 0.25) is 0 Å². The van der Waals surface area contributed by atoms with Gasteiger partial charge in [-0.1, -0.05) is 46.0 Å². The third-order valence-electron chi connectivity index (χ3n) is 3.47. The molecule has 0 saturated heterocycles. The summed E-state index contributed by atoms with van der Waals surface area (Å²) in [5.74, 6) is 0.581. The predicted molar refractivity (Wildman–Crippen MR) is 79.0 cm³/mol. The molecule has 0 rings (SSSR count). The lowest BCUT2D eigenvalue weighted by Crippen LogP contribution is -2.07. The second-order valence-corrected chi connectivity index (χ2v) is 5.86. The van der Waals surface area contributed by atoms with Gasteiger partial charge >= 0.3 is 5.97 Å². The summed E-state index contributed by atoms with van der Waals surface area (Å²) in [6, 6.07) is 0. The average Bonchev–Trinajstić information content (AvgIpc) is 2.38. The van der Waals surface area contributed by atoms with Crippen LogP contribution in [-0.4, -0.2) is 24.3 Å². The molecule has 0 radical (unpaired) electrons. The summed E-state index contributed by atoms with van der Waals surface area (Å²) >= 11 is 0. The van der Waals surface area contributed by atoms with Crippen LogP contribution in [0.2, 0.25) is 0 Å². The van der Waals surface area contributed by atoms with Crippen molar-refractivity contribution in [1.82, 2.24) is 0 Å². The van der Waals surface area contributed by atoms with Crippen molar-refractivity contribution in [2.24, 2.45) is 5.92 Å². The van der Waals surface area contributed by atoms with Gasteiger partial charge in [-0.2, -0.15) is 0 Å². The fourth-order valence-electron chi connectivity index (χ4n) is 2.13. The van der Waals surface area contributed by atoms with Crippen LogP contribution < -0.4 is 0 Å². The number of carbonyl (C=O) groups is 1. The fraction of sp³-hybridized carbons (Fsp3) is 0.938. The van der Waals surface area contributed by atoms with Crippen LogP contribution in [0.5, 0.6) is 0 Å². The molecule has 0 aliphatic carbocycles. The topological polar surface area (TPSA) is 46.5 Å². The van der Waals surface area contributed by atoms with Gasteiger partial charge in [0, 0.05) is 6.42 Å². The number of esters is 1. The van der Waals surface area contributed by atoms with Crippen molar-refractivity contribution in [2.75, 3.05) is 7.11 Å². The van der Waals surface area contributed by atoms with E-state index in [4.69, 9.17) is 0 Å². The van der Waals surface area contributed by atoms with E-state index in [-0.39, 0.29) is 12.1 Å². The Kier molecular flexibility index (Phi) is 12.1. The van der Waals surface area contributed by atoms with Crippen LogP contribution >= 0.6 is 0 Å². The lowest BCUT2D eigenvalue weighted by Gasteiger charge is -2.11. The molecule has 0 saturated carbocycles. The smallest absolute Gasteiger partial charge is 0.305 e. The summed E-state index contributed by atoms with van der Waals surface area (Å²) in [5.41, 5.74) is 0. The van der Waals surface area contributed by atoms with E-state index in [2.05, 4.69) is 18.6 Å². The first kappa shape index (κ1) is 18.4. The molecule has 1 N–H and O–H groups in total. The molecule has 0 heterocycles. The van der Waals surface area contributed by atoms with Gasteiger partial charge in [0.25, 0.3) is 0 Å². The minimum atomic E-state index is -0.110. The lowest BCUT2D eigenvalue weighted by atomic mass is 10.0. The van der Waals surface area contributed by atoms with E-state index >= 15 is 0 Å². The second-order valence-electron chi connectivity index (χ2n) is 5.86. The van der Waals surface area contributed by atoms with E-state index in [0.717, 1.165) is 38.5 Å². The van der Waals surface area contributed by atoms with Crippen LogP contribution in [0.4, 0.5) is 0 Å². The maximum absolute atomic E-state index is 10.9. The normalized spacial score (nSPS) is 12.7. The van der Waals surface area contributed by atoms with Crippen molar-refractivity contribution in [3.63, 3.8) is 0 Å². The first-order valence-corrected chi connectivity index (χ1v) is 7.81. The summed E-state index contributed by atoms with van der Waals surface area (Å²) < 4.78 is 4.59. The average molecular weight is 272 g/mol. The zero-order valence-electron chi connectivity index (χ0n) is 13.0. The monoisotopic (exact) mass is 272 g/mol. The molecule has 0 fully saturated rings. The quantitative estimate of drug-likeness (QED) is 0.430. The first-order valence-electron chi connectivity index (χ1n) is 7.81. The number of hydrogen-bond donors (Lipinski definition) is 1. The van der Waals surface area contributed by atoms with Gasteiger partial charge < -0.3 is 9.84 Å². The van der Waals surface area contributed by atoms with Crippen molar-refractivity contribution >= 4 is 5.97 Å². The molecule has 0 aromatic carbocycles. The van der Waals surface area contributed by atoms with Gasteiger partial charge in [-0.3, -0.25) is 4.79 Å². The highest BCUT2D eigenvalue weighted by Crippen LogP contribution is 2.14. The Morgan fingerprint density at radius 2 is 1.53 bits per heavy atom. The van der Waals surface area contributed by atoms with Gasteiger partial charge in [-0.15, -0.1) is 0 Å². The molecule has 3 nitrogen and oxygen atoms in total. The Bertz CT molecular complexity index is 214. The number of aliphatic hydroxyl groups excluding tert-OH is 1. The molecule has 114 valence electrons. The maximum atomic E-state index is 10.9. The molecule has 1 atom stereocenters. The Morgan fingerprint density at radius 1 is 0.947 bits per heavy atom. The molecular formula is C16H32O3. The van der Waals surface area contributed by atoms with E-state index in [1.54, 1.807) is 0 Å². The number of carbonyl (C=O) groups excluding carboxylic acids is 1. The Morgan fingerprint density at radius 3 is 2.11 bits per heavy atom. The van der Waals surface area contributed by atoms with E-state index in [1.807, 2.05) is 0 Å². The van der Waals surface area contributed by atoms with E-state index < -0.39 is 0 Å². The number of unbranched alkanes of at least 4 members (excludes halogenated alkanes) is 5. The Hall–Kier alpha value is -0.570. The minimum absolute atomic E-state index is 0.103. The number of ether oxygens (including phenoxy) is 1. The molecule has 0 aromatic rings. The highest BCUT2D eigenvalue weighted by Gasteiger charge is 2.05. The molecule has 0 aromatic heterocycles. The lowest BCUT2D eigenvalue weighted by molar-refractivity contribution is -0.140. The van der Waals surface area contributed by atoms with Gasteiger partial charge in [0.1, 0.15) is 0 Å². The summed E-state index contributed by atoms with van der Waals surface area (Å²) in [6.45, 7) is 4.39. The van der Waals surface area contributed by atoms with Crippen molar-refractivity contribution in [1.29, 1.82) is 0 Å². The minimum Gasteiger partial charge on any atom is -0.469 e. The van der Waals surface area contributed by atoms with Crippen molar-refractivity contribution in [3.8, 4) is 0 Å². The summed E-state index contributed by atoms with van der Waals surface area (Å²) in [6.07, 6.45) is 10.2. The molecular weight excluding hydrogens is 240 g/mol. The van der Waals surface area contributed by atoms with E-state index in [9.17, 15) is 9.90 Å². The largest absolute Gasteiger partial charge is 0.469 e. The van der Waals surface area contributed by atoms with Crippen molar-refractivity contribution in [2.45, 2.75) is 84.2 Å². The molecule has 1 unspecified atom stereocenters. The third kappa shape index (κ3) is 13.7. The zero-order valence-corrected chi connectivity index (χ0v) is 13.0. The zero-order chi connectivity index (χ0) is 14.5. The summed E-state index contributed by atoms with van der Waals surface area (Å²) in [5, 5.41) is 9.78. The summed E-state index contributed by atoms with van der Waals surface area (Å²) in [7, 11) is 1.44. The van der Waals surface area contributed by atoms with Crippen LogP contribution in [0.25, 0.3) is 0 Å². The number of aliphatic hydroxyl groups is 1.